The Morgan fingerprint density at radius 3 is 1.45 bits per heavy atom. The van der Waals surface area contributed by atoms with Crippen LogP contribution in [-0.4, -0.2) is 30.1 Å². The van der Waals surface area contributed by atoms with Gasteiger partial charge in [0.15, 0.2) is 0 Å². The van der Waals surface area contributed by atoms with Gasteiger partial charge in [-0.2, -0.15) is 0 Å². The number of hydrogen-bond acceptors (Lipinski definition) is 8. The van der Waals surface area contributed by atoms with Crippen LogP contribution in [0.25, 0.3) is 0 Å². The monoisotopic (exact) mass is 314 g/mol. The van der Waals surface area contributed by atoms with Crippen LogP contribution in [0.2, 0.25) is 0 Å². The molecule has 22 heavy (non-hydrogen) atoms. The molecule has 1 aromatic carbocycles. The third-order valence-corrected chi connectivity index (χ3v) is 2.74. The molecule has 0 aliphatic carbocycles. The highest BCUT2D eigenvalue weighted by Gasteiger charge is 2.17. The molecule has 0 heterocycles. The molecule has 0 unspecified atom stereocenters. The number of aromatic hydroxyl groups is 1. The summed E-state index contributed by atoms with van der Waals surface area (Å²) in [4.78, 5) is 11.2. The highest BCUT2D eigenvalue weighted by Crippen LogP contribution is 2.30. The van der Waals surface area contributed by atoms with Crippen molar-refractivity contribution in [1.29, 1.82) is 0 Å². The predicted octanol–water partition coefficient (Wildman–Crippen LogP) is -2.23. The minimum Gasteiger partial charge on any atom is -0.507 e. The van der Waals surface area contributed by atoms with Gasteiger partial charge in [0.1, 0.15) is 5.75 Å². The van der Waals surface area contributed by atoms with Crippen molar-refractivity contribution in [2.75, 3.05) is 14.1 Å². The molecule has 10 heteroatoms. The topological polar surface area (TPSA) is 223 Å². The van der Waals surface area contributed by atoms with Crippen molar-refractivity contribution in [3.8, 4) is 5.75 Å². The fraction of sp³-hybridized carbons (Fsp3) is 0.417. The van der Waals surface area contributed by atoms with Gasteiger partial charge in [0, 0.05) is 25.2 Å². The van der Waals surface area contributed by atoms with Crippen LogP contribution < -0.4 is 40.1 Å². The molecule has 0 bridgehead atoms. The van der Waals surface area contributed by atoms with Gasteiger partial charge in [-0.05, 0) is 17.7 Å². The van der Waals surface area contributed by atoms with E-state index in [-0.39, 0.29) is 5.75 Å². The molecule has 0 aromatic heterocycles. The van der Waals surface area contributed by atoms with Crippen LogP contribution in [0.1, 0.15) is 35.2 Å². The molecule has 0 atom stereocenters. The lowest BCUT2D eigenvalue weighted by Crippen LogP contribution is -2.27. The zero-order valence-corrected chi connectivity index (χ0v) is 12.7. The Morgan fingerprint density at radius 1 is 0.955 bits per heavy atom. The lowest BCUT2D eigenvalue weighted by Gasteiger charge is -2.18. The average molecular weight is 314 g/mol. The molecule has 1 aromatic rings. The Labute approximate surface area is 129 Å². The van der Waals surface area contributed by atoms with Crippen LogP contribution in [0.15, 0.2) is 12.1 Å². The van der Waals surface area contributed by atoms with Crippen molar-refractivity contribution in [3.63, 3.8) is 0 Å². The number of rotatable bonds is 3. The van der Waals surface area contributed by atoms with Crippen molar-refractivity contribution < 1.29 is 9.90 Å². The van der Waals surface area contributed by atoms with E-state index in [1.54, 1.807) is 14.1 Å². The summed E-state index contributed by atoms with van der Waals surface area (Å²) in [7, 11) is 3.20. The van der Waals surface area contributed by atoms with Gasteiger partial charge in [-0.15, -0.1) is 0 Å². The van der Waals surface area contributed by atoms with Crippen molar-refractivity contribution in [2.24, 2.45) is 40.1 Å². The molecule has 0 saturated carbocycles. The first-order valence-corrected chi connectivity index (χ1v) is 6.36. The van der Waals surface area contributed by atoms with E-state index < -0.39 is 24.5 Å². The maximum absolute atomic E-state index is 9.85. The summed E-state index contributed by atoms with van der Waals surface area (Å²) in [5.74, 6) is -0.116. The second-order valence-corrected chi connectivity index (χ2v) is 4.86. The molecule has 10 nitrogen and oxygen atoms in total. The predicted molar refractivity (Wildman–Crippen MR) is 84.7 cm³/mol. The maximum Gasteiger partial charge on any atom is 0.314 e. The first-order chi connectivity index (χ1) is 9.98. The molecule has 2 amide bonds. The lowest BCUT2D eigenvalue weighted by atomic mass is 9.99. The number of phenols is 1. The third kappa shape index (κ3) is 5.81. The summed E-state index contributed by atoms with van der Waals surface area (Å²) in [5.41, 5.74) is 39.0. The quantitative estimate of drug-likeness (QED) is 0.284. The first-order valence-electron chi connectivity index (χ1n) is 6.36. The maximum atomic E-state index is 9.85. The minimum atomic E-state index is -0.851. The van der Waals surface area contributed by atoms with Crippen LogP contribution >= 0.6 is 0 Å². The molecule has 15 N–H and O–H groups in total. The number of primary amides is 1. The van der Waals surface area contributed by atoms with Gasteiger partial charge < -0.3 is 50.1 Å². The van der Waals surface area contributed by atoms with Crippen molar-refractivity contribution >= 4 is 6.03 Å². The summed E-state index contributed by atoms with van der Waals surface area (Å²) >= 11 is 0. The second kappa shape index (κ2) is 8.48. The lowest BCUT2D eigenvalue weighted by molar-refractivity contribution is 0.227. The van der Waals surface area contributed by atoms with E-state index in [2.05, 4.69) is 0 Å². The van der Waals surface area contributed by atoms with Gasteiger partial charge in [0.2, 0.25) is 0 Å². The first kappa shape index (κ1) is 20.1. The molecule has 1 rings (SSSR count). The fourth-order valence-corrected chi connectivity index (χ4v) is 1.40. The van der Waals surface area contributed by atoms with E-state index in [9.17, 15) is 9.90 Å². The van der Waals surface area contributed by atoms with Gasteiger partial charge in [-0.1, -0.05) is 0 Å². The number of phenolic OH excluding ortho intramolecular Hbond substituents is 1. The summed E-state index contributed by atoms with van der Waals surface area (Å²) in [6.45, 7) is 0. The SMILES string of the molecule is CN(C)C(N)=O.NC(N)c1cc(C(N)N)c(O)c(C(N)N)c1. The highest BCUT2D eigenvalue weighted by molar-refractivity contribution is 5.71. The fourth-order valence-electron chi connectivity index (χ4n) is 1.40. The Morgan fingerprint density at radius 2 is 1.27 bits per heavy atom. The summed E-state index contributed by atoms with van der Waals surface area (Å²) in [5, 5.41) is 9.83. The van der Waals surface area contributed by atoms with Crippen molar-refractivity contribution in [1.82, 2.24) is 4.90 Å². The average Bonchev–Trinajstić information content (AvgIpc) is 2.38. The molecular weight excluding hydrogens is 288 g/mol. The standard InChI is InChI=1S/C9H18N6O.C3H8N2O/c10-7(11)3-1-4(8(12)13)6(16)5(2-3)9(14)15;1-5(2)3(4)6/h1-2,7-9,16H,10-15H2;1-2H3,(H2,4,6). The Kier molecular flexibility index (Phi) is 7.73. The molecule has 0 saturated heterocycles. The molecule has 0 fully saturated rings. The minimum absolute atomic E-state index is 0.116. The Hall–Kier alpha value is -1.95. The summed E-state index contributed by atoms with van der Waals surface area (Å²) < 4.78 is 0. The Bertz CT molecular complexity index is 473. The third-order valence-electron chi connectivity index (χ3n) is 2.74. The zero-order valence-electron chi connectivity index (χ0n) is 12.7. The molecule has 0 radical (unpaired) electrons. The van der Waals surface area contributed by atoms with Crippen LogP contribution in [0, 0.1) is 0 Å². The molecule has 0 aliphatic rings. The van der Waals surface area contributed by atoms with E-state index in [0.29, 0.717) is 16.7 Å². The molecule has 0 aliphatic heterocycles. The number of nitrogens with two attached hydrogens (primary N) is 7. The summed E-state index contributed by atoms with van der Waals surface area (Å²) in [6, 6.07) is 2.67. The molecule has 0 spiro atoms. The zero-order chi connectivity index (χ0) is 17.6. The van der Waals surface area contributed by atoms with E-state index in [4.69, 9.17) is 40.1 Å². The summed E-state index contributed by atoms with van der Waals surface area (Å²) in [6.07, 6.45) is -2.41. The Balaban J connectivity index is 0.000000626. The smallest absolute Gasteiger partial charge is 0.314 e. The highest BCUT2D eigenvalue weighted by atomic mass is 16.3. The number of carbonyl (C=O) groups is 1. The van der Waals surface area contributed by atoms with Gasteiger partial charge >= 0.3 is 6.03 Å². The van der Waals surface area contributed by atoms with Gasteiger partial charge in [-0.25, -0.2) is 4.79 Å². The van der Waals surface area contributed by atoms with E-state index >= 15 is 0 Å². The largest absolute Gasteiger partial charge is 0.507 e. The van der Waals surface area contributed by atoms with Crippen LogP contribution in [0.5, 0.6) is 5.75 Å². The number of amides is 2. The van der Waals surface area contributed by atoms with Crippen molar-refractivity contribution in [3.05, 3.63) is 28.8 Å². The van der Waals surface area contributed by atoms with Gasteiger partial charge in [-0.3, -0.25) is 0 Å². The molecular formula is C12H26N8O2. The number of benzene rings is 1. The van der Waals surface area contributed by atoms with E-state index in [1.807, 2.05) is 0 Å². The number of hydrogen-bond donors (Lipinski definition) is 8. The van der Waals surface area contributed by atoms with Crippen molar-refractivity contribution in [2.45, 2.75) is 18.5 Å². The van der Waals surface area contributed by atoms with Crippen LogP contribution in [0.3, 0.4) is 0 Å². The molecule has 126 valence electrons. The van der Waals surface area contributed by atoms with Crippen LogP contribution in [-0.2, 0) is 0 Å². The van der Waals surface area contributed by atoms with Gasteiger partial charge in [0.05, 0.1) is 18.5 Å². The number of nitrogens with zero attached hydrogens (tertiary/aromatic N) is 1. The number of urea groups is 1. The van der Waals surface area contributed by atoms with E-state index in [1.165, 1.54) is 17.0 Å². The number of carbonyl (C=O) groups excluding carboxylic acids is 1. The van der Waals surface area contributed by atoms with Gasteiger partial charge in [0.25, 0.3) is 0 Å². The van der Waals surface area contributed by atoms with E-state index in [0.717, 1.165) is 0 Å². The second-order valence-electron chi connectivity index (χ2n) is 4.86. The normalized spacial score (nSPS) is 10.7. The van der Waals surface area contributed by atoms with Crippen LogP contribution in [0.4, 0.5) is 4.79 Å².